The highest BCUT2D eigenvalue weighted by Crippen LogP contribution is 2.22. The van der Waals surface area contributed by atoms with Gasteiger partial charge in [-0.1, -0.05) is 32.0 Å². The van der Waals surface area contributed by atoms with Crippen LogP contribution in [0.1, 0.15) is 29.8 Å². The van der Waals surface area contributed by atoms with Gasteiger partial charge >= 0.3 is 0 Å². The van der Waals surface area contributed by atoms with E-state index in [2.05, 4.69) is 19.2 Å². The van der Waals surface area contributed by atoms with E-state index in [4.69, 9.17) is 9.47 Å². The summed E-state index contributed by atoms with van der Waals surface area (Å²) in [5.41, 5.74) is 1.45. The van der Waals surface area contributed by atoms with Gasteiger partial charge in [0.25, 0.3) is 5.91 Å². The van der Waals surface area contributed by atoms with Crippen LogP contribution in [0.25, 0.3) is 0 Å². The summed E-state index contributed by atoms with van der Waals surface area (Å²) in [7, 11) is 1.61. The van der Waals surface area contributed by atoms with Crippen LogP contribution in [-0.2, 0) is 6.61 Å². The minimum Gasteiger partial charge on any atom is -0.496 e. The Hall–Kier alpha value is -2.49. The summed E-state index contributed by atoms with van der Waals surface area (Å²) in [6.45, 7) is 5.13. The molecule has 0 atom stereocenters. The van der Waals surface area contributed by atoms with E-state index in [1.807, 2.05) is 36.4 Å². The van der Waals surface area contributed by atoms with E-state index in [0.717, 1.165) is 11.3 Å². The van der Waals surface area contributed by atoms with Crippen molar-refractivity contribution in [3.8, 4) is 11.5 Å². The van der Waals surface area contributed by atoms with Crippen LogP contribution in [0.3, 0.4) is 0 Å². The molecule has 0 bridgehead atoms. The van der Waals surface area contributed by atoms with Crippen molar-refractivity contribution >= 4 is 5.91 Å². The third-order valence-corrected chi connectivity index (χ3v) is 3.35. The number of rotatable bonds is 7. The normalized spacial score (nSPS) is 10.4. The SMILES string of the molecule is COc1ccc(C(=O)NCC(C)C)cc1COc1ccccc1. The molecule has 0 radical (unpaired) electrons. The van der Waals surface area contributed by atoms with Crippen molar-refractivity contribution < 1.29 is 14.3 Å². The van der Waals surface area contributed by atoms with Gasteiger partial charge in [0.1, 0.15) is 18.1 Å². The van der Waals surface area contributed by atoms with E-state index < -0.39 is 0 Å². The van der Waals surface area contributed by atoms with Gasteiger partial charge in [0.15, 0.2) is 0 Å². The van der Waals surface area contributed by atoms with E-state index in [1.54, 1.807) is 19.2 Å². The van der Waals surface area contributed by atoms with Crippen molar-refractivity contribution in [3.63, 3.8) is 0 Å². The molecule has 4 heteroatoms. The Bertz CT molecular complexity index is 638. The molecule has 4 nitrogen and oxygen atoms in total. The largest absolute Gasteiger partial charge is 0.496 e. The quantitative estimate of drug-likeness (QED) is 0.848. The molecule has 0 saturated heterocycles. The number of carbonyl (C=O) groups is 1. The van der Waals surface area contributed by atoms with Gasteiger partial charge in [0.05, 0.1) is 7.11 Å². The van der Waals surface area contributed by atoms with Gasteiger partial charge in [-0.05, 0) is 36.2 Å². The second-order valence-corrected chi connectivity index (χ2v) is 5.73. The standard InChI is InChI=1S/C19H23NO3/c1-14(2)12-20-19(21)15-9-10-18(22-3)16(11-15)13-23-17-7-5-4-6-8-17/h4-11,14H,12-13H2,1-3H3,(H,20,21). The molecular weight excluding hydrogens is 290 g/mol. The fourth-order valence-corrected chi connectivity index (χ4v) is 2.11. The summed E-state index contributed by atoms with van der Waals surface area (Å²) in [6, 6.07) is 14.9. The molecular formula is C19H23NO3. The molecule has 0 fully saturated rings. The summed E-state index contributed by atoms with van der Waals surface area (Å²) in [5, 5.41) is 2.92. The number of para-hydroxylation sites is 1. The second kappa shape index (κ2) is 8.22. The summed E-state index contributed by atoms with van der Waals surface area (Å²) in [6.07, 6.45) is 0. The van der Waals surface area contributed by atoms with E-state index >= 15 is 0 Å². The minimum atomic E-state index is -0.0812. The highest BCUT2D eigenvalue weighted by molar-refractivity contribution is 5.94. The van der Waals surface area contributed by atoms with Gasteiger partial charge in [-0.3, -0.25) is 4.79 Å². The van der Waals surface area contributed by atoms with Crippen LogP contribution in [0.4, 0.5) is 0 Å². The number of amides is 1. The lowest BCUT2D eigenvalue weighted by Crippen LogP contribution is -2.27. The molecule has 0 spiro atoms. The molecule has 0 heterocycles. The molecule has 2 aromatic rings. The topological polar surface area (TPSA) is 47.6 Å². The first-order valence-electron chi connectivity index (χ1n) is 7.73. The van der Waals surface area contributed by atoms with E-state index in [-0.39, 0.29) is 5.91 Å². The third-order valence-electron chi connectivity index (χ3n) is 3.35. The van der Waals surface area contributed by atoms with Gasteiger partial charge in [-0.15, -0.1) is 0 Å². The summed E-state index contributed by atoms with van der Waals surface area (Å²) < 4.78 is 11.1. The van der Waals surface area contributed by atoms with Crippen molar-refractivity contribution in [3.05, 3.63) is 59.7 Å². The number of benzene rings is 2. The summed E-state index contributed by atoms with van der Waals surface area (Å²) >= 11 is 0. The van der Waals surface area contributed by atoms with Crippen LogP contribution < -0.4 is 14.8 Å². The van der Waals surface area contributed by atoms with Gasteiger partial charge in [-0.25, -0.2) is 0 Å². The van der Waals surface area contributed by atoms with Gasteiger partial charge in [0, 0.05) is 17.7 Å². The zero-order valence-corrected chi connectivity index (χ0v) is 13.8. The molecule has 0 unspecified atom stereocenters. The maximum atomic E-state index is 12.2. The molecule has 122 valence electrons. The van der Waals surface area contributed by atoms with Gasteiger partial charge in [0.2, 0.25) is 0 Å². The van der Waals surface area contributed by atoms with E-state index in [0.29, 0.717) is 30.4 Å². The summed E-state index contributed by atoms with van der Waals surface area (Å²) in [5.74, 6) is 1.82. The molecule has 0 aliphatic carbocycles. The molecule has 0 saturated carbocycles. The van der Waals surface area contributed by atoms with Crippen LogP contribution in [0.15, 0.2) is 48.5 Å². The summed E-state index contributed by atoms with van der Waals surface area (Å²) in [4.78, 5) is 12.2. The number of hydrogen-bond acceptors (Lipinski definition) is 3. The fraction of sp³-hybridized carbons (Fsp3) is 0.316. The van der Waals surface area contributed by atoms with Crippen LogP contribution in [0.2, 0.25) is 0 Å². The smallest absolute Gasteiger partial charge is 0.251 e. The molecule has 0 aliphatic rings. The molecule has 2 aromatic carbocycles. The van der Waals surface area contributed by atoms with Crippen LogP contribution >= 0.6 is 0 Å². The van der Waals surface area contributed by atoms with Crippen LogP contribution in [0.5, 0.6) is 11.5 Å². The fourth-order valence-electron chi connectivity index (χ4n) is 2.11. The average Bonchev–Trinajstić information content (AvgIpc) is 2.58. The van der Waals surface area contributed by atoms with Gasteiger partial charge in [-0.2, -0.15) is 0 Å². The lowest BCUT2D eigenvalue weighted by molar-refractivity contribution is 0.0949. The Labute approximate surface area is 137 Å². The van der Waals surface area contributed by atoms with E-state index in [9.17, 15) is 4.79 Å². The number of nitrogens with one attached hydrogen (secondary N) is 1. The first-order valence-corrected chi connectivity index (χ1v) is 7.73. The Morgan fingerprint density at radius 1 is 1.13 bits per heavy atom. The first kappa shape index (κ1) is 16.9. The number of ether oxygens (including phenoxy) is 2. The lowest BCUT2D eigenvalue weighted by Gasteiger charge is -2.13. The molecule has 2 rings (SSSR count). The molecule has 0 aromatic heterocycles. The predicted molar refractivity (Wildman–Crippen MR) is 90.9 cm³/mol. The van der Waals surface area contributed by atoms with Crippen molar-refractivity contribution in [2.45, 2.75) is 20.5 Å². The second-order valence-electron chi connectivity index (χ2n) is 5.73. The maximum Gasteiger partial charge on any atom is 0.251 e. The first-order chi connectivity index (χ1) is 11.1. The van der Waals surface area contributed by atoms with Crippen molar-refractivity contribution in [2.75, 3.05) is 13.7 Å². The number of methoxy groups -OCH3 is 1. The van der Waals surface area contributed by atoms with Crippen molar-refractivity contribution in [1.82, 2.24) is 5.32 Å². The predicted octanol–water partition coefficient (Wildman–Crippen LogP) is 3.66. The Morgan fingerprint density at radius 3 is 2.52 bits per heavy atom. The highest BCUT2D eigenvalue weighted by atomic mass is 16.5. The van der Waals surface area contributed by atoms with E-state index in [1.165, 1.54) is 0 Å². The van der Waals surface area contributed by atoms with Crippen molar-refractivity contribution in [1.29, 1.82) is 0 Å². The average molecular weight is 313 g/mol. The molecule has 1 amide bonds. The third kappa shape index (κ3) is 5.02. The maximum absolute atomic E-state index is 12.2. The molecule has 1 N–H and O–H groups in total. The van der Waals surface area contributed by atoms with Crippen LogP contribution in [-0.4, -0.2) is 19.6 Å². The van der Waals surface area contributed by atoms with Crippen molar-refractivity contribution in [2.24, 2.45) is 5.92 Å². The Morgan fingerprint density at radius 2 is 1.87 bits per heavy atom. The zero-order chi connectivity index (χ0) is 16.7. The minimum absolute atomic E-state index is 0.0812. The zero-order valence-electron chi connectivity index (χ0n) is 13.8. The molecule has 23 heavy (non-hydrogen) atoms. The van der Waals surface area contributed by atoms with Gasteiger partial charge < -0.3 is 14.8 Å². The Kier molecular flexibility index (Phi) is 6.03. The Balaban J connectivity index is 2.10. The number of hydrogen-bond donors (Lipinski definition) is 1. The highest BCUT2D eigenvalue weighted by Gasteiger charge is 2.11. The molecule has 0 aliphatic heterocycles. The lowest BCUT2D eigenvalue weighted by atomic mass is 10.1. The van der Waals surface area contributed by atoms with Crippen LogP contribution in [0, 0.1) is 5.92 Å². The number of carbonyl (C=O) groups excluding carboxylic acids is 1. The monoisotopic (exact) mass is 313 g/mol.